The van der Waals surface area contributed by atoms with Crippen molar-refractivity contribution in [1.29, 1.82) is 0 Å². The van der Waals surface area contributed by atoms with Crippen LogP contribution in [0.2, 0.25) is 0 Å². The minimum atomic E-state index is -0.435. The van der Waals surface area contributed by atoms with Crippen LogP contribution in [0.5, 0.6) is 0 Å². The highest BCUT2D eigenvalue weighted by atomic mass is 16.5. The molecule has 0 aromatic rings. The Morgan fingerprint density at radius 1 is 1.00 bits per heavy atom. The minimum Gasteiger partial charge on any atom is -0.385 e. The number of carbonyl (C=O) groups excluding carboxylic acids is 1. The average Bonchev–Trinajstić information content (AvgIpc) is 2.20. The third-order valence-electron chi connectivity index (χ3n) is 1.71. The fourth-order valence-electron chi connectivity index (χ4n) is 0.988. The van der Waals surface area contributed by atoms with Crippen molar-refractivity contribution in [3.8, 4) is 0 Å². The van der Waals surface area contributed by atoms with E-state index in [9.17, 15) is 4.79 Å². The number of hydrogen-bond acceptors (Lipinski definition) is 4. The van der Waals surface area contributed by atoms with Crippen LogP contribution in [-0.2, 0) is 19.0 Å². The molecule has 0 spiro atoms. The van der Waals surface area contributed by atoms with Gasteiger partial charge in [-0.25, -0.2) is 0 Å². The number of carbonyl (C=O) groups is 1. The SMILES string of the molecule is COCCCCOCCCOCC(N)=O. The molecule has 0 aromatic heterocycles. The lowest BCUT2D eigenvalue weighted by Gasteiger charge is -2.04. The van der Waals surface area contributed by atoms with E-state index in [1.807, 2.05) is 0 Å². The summed E-state index contributed by atoms with van der Waals surface area (Å²) in [6.45, 7) is 2.70. The van der Waals surface area contributed by atoms with Crippen LogP contribution in [-0.4, -0.2) is 46.1 Å². The van der Waals surface area contributed by atoms with E-state index < -0.39 is 5.91 Å². The maximum absolute atomic E-state index is 10.3. The molecule has 0 rings (SSSR count). The lowest BCUT2D eigenvalue weighted by atomic mass is 10.3. The first kappa shape index (κ1) is 14.3. The summed E-state index contributed by atoms with van der Waals surface area (Å²) in [5.74, 6) is -0.435. The molecule has 0 aliphatic carbocycles. The van der Waals surface area contributed by atoms with E-state index in [1.54, 1.807) is 7.11 Å². The Labute approximate surface area is 90.9 Å². The Balaban J connectivity index is 2.89. The highest BCUT2D eigenvalue weighted by molar-refractivity contribution is 5.74. The molecule has 0 atom stereocenters. The van der Waals surface area contributed by atoms with Gasteiger partial charge in [0.1, 0.15) is 6.61 Å². The molecule has 0 aliphatic rings. The summed E-state index contributed by atoms with van der Waals surface area (Å²) in [6, 6.07) is 0. The molecule has 0 heterocycles. The molecular formula is C10H21NO4. The Hall–Kier alpha value is -0.650. The standard InChI is InChI=1S/C10H21NO4/c1-13-5-2-3-6-14-7-4-8-15-9-10(11)12/h2-9H2,1H3,(H2,11,12). The molecule has 90 valence electrons. The quantitative estimate of drug-likeness (QED) is 0.508. The van der Waals surface area contributed by atoms with Gasteiger partial charge in [-0.05, 0) is 19.3 Å². The summed E-state index contributed by atoms with van der Waals surface area (Å²) < 4.78 is 15.2. The molecule has 0 aliphatic heterocycles. The smallest absolute Gasteiger partial charge is 0.243 e. The molecule has 1 amide bonds. The predicted octanol–water partition coefficient (Wildman–Crippen LogP) is 0.322. The van der Waals surface area contributed by atoms with Gasteiger partial charge in [-0.3, -0.25) is 4.79 Å². The van der Waals surface area contributed by atoms with Gasteiger partial charge in [0.05, 0.1) is 0 Å². The number of ether oxygens (including phenoxy) is 3. The van der Waals surface area contributed by atoms with Crippen molar-refractivity contribution < 1.29 is 19.0 Å². The van der Waals surface area contributed by atoms with Crippen LogP contribution in [0, 0.1) is 0 Å². The number of nitrogens with two attached hydrogens (primary N) is 1. The van der Waals surface area contributed by atoms with Crippen molar-refractivity contribution in [2.45, 2.75) is 19.3 Å². The number of unbranched alkanes of at least 4 members (excludes halogenated alkanes) is 1. The zero-order valence-corrected chi connectivity index (χ0v) is 9.37. The van der Waals surface area contributed by atoms with Crippen LogP contribution in [0.4, 0.5) is 0 Å². The molecule has 5 heteroatoms. The van der Waals surface area contributed by atoms with Crippen LogP contribution >= 0.6 is 0 Å². The van der Waals surface area contributed by atoms with Crippen LogP contribution in [0.15, 0.2) is 0 Å². The Morgan fingerprint density at radius 2 is 1.60 bits per heavy atom. The maximum Gasteiger partial charge on any atom is 0.243 e. The van der Waals surface area contributed by atoms with Gasteiger partial charge in [-0.15, -0.1) is 0 Å². The van der Waals surface area contributed by atoms with Crippen molar-refractivity contribution in [2.24, 2.45) is 5.73 Å². The molecule has 0 radical (unpaired) electrons. The fourth-order valence-corrected chi connectivity index (χ4v) is 0.988. The minimum absolute atomic E-state index is 0.00611. The third kappa shape index (κ3) is 13.3. The Kier molecular flexibility index (Phi) is 10.9. The average molecular weight is 219 g/mol. The molecule has 0 fully saturated rings. The van der Waals surface area contributed by atoms with E-state index >= 15 is 0 Å². The number of amides is 1. The molecule has 0 saturated heterocycles. The van der Waals surface area contributed by atoms with Crippen molar-refractivity contribution >= 4 is 5.91 Å². The number of rotatable bonds is 11. The van der Waals surface area contributed by atoms with Crippen LogP contribution in [0.25, 0.3) is 0 Å². The molecular weight excluding hydrogens is 198 g/mol. The molecule has 0 saturated carbocycles. The first-order chi connectivity index (χ1) is 7.27. The number of hydrogen-bond donors (Lipinski definition) is 1. The van der Waals surface area contributed by atoms with Gasteiger partial charge in [0.2, 0.25) is 5.91 Å². The summed E-state index contributed by atoms with van der Waals surface area (Å²) in [5, 5.41) is 0. The lowest BCUT2D eigenvalue weighted by molar-refractivity contribution is -0.122. The van der Waals surface area contributed by atoms with E-state index in [0.717, 1.165) is 32.5 Å². The van der Waals surface area contributed by atoms with E-state index in [4.69, 9.17) is 19.9 Å². The molecule has 0 aromatic carbocycles. The third-order valence-corrected chi connectivity index (χ3v) is 1.71. The molecule has 15 heavy (non-hydrogen) atoms. The number of methoxy groups -OCH3 is 1. The Morgan fingerprint density at radius 3 is 2.27 bits per heavy atom. The highest BCUT2D eigenvalue weighted by Crippen LogP contribution is 1.92. The second-order valence-corrected chi connectivity index (χ2v) is 3.18. The Bertz CT molecular complexity index is 152. The summed E-state index contributed by atoms with van der Waals surface area (Å²) in [7, 11) is 1.69. The van der Waals surface area contributed by atoms with Gasteiger partial charge in [-0.2, -0.15) is 0 Å². The monoisotopic (exact) mass is 219 g/mol. The first-order valence-corrected chi connectivity index (χ1v) is 5.20. The van der Waals surface area contributed by atoms with Crippen LogP contribution in [0.1, 0.15) is 19.3 Å². The van der Waals surface area contributed by atoms with Gasteiger partial charge < -0.3 is 19.9 Å². The van der Waals surface area contributed by atoms with Gasteiger partial charge in [0.25, 0.3) is 0 Å². The molecule has 0 bridgehead atoms. The number of primary amides is 1. The van der Waals surface area contributed by atoms with Crippen molar-refractivity contribution in [3.63, 3.8) is 0 Å². The molecule has 5 nitrogen and oxygen atoms in total. The zero-order valence-electron chi connectivity index (χ0n) is 9.37. The largest absolute Gasteiger partial charge is 0.385 e. The van der Waals surface area contributed by atoms with Crippen molar-refractivity contribution in [3.05, 3.63) is 0 Å². The normalized spacial score (nSPS) is 10.5. The predicted molar refractivity (Wildman–Crippen MR) is 56.6 cm³/mol. The fraction of sp³-hybridized carbons (Fsp3) is 0.900. The van der Waals surface area contributed by atoms with Crippen LogP contribution < -0.4 is 5.73 Å². The molecule has 0 unspecified atom stereocenters. The van der Waals surface area contributed by atoms with E-state index in [1.165, 1.54) is 0 Å². The summed E-state index contributed by atoms with van der Waals surface area (Å²) in [5.41, 5.74) is 4.89. The highest BCUT2D eigenvalue weighted by Gasteiger charge is 1.94. The summed E-state index contributed by atoms with van der Waals surface area (Å²) in [4.78, 5) is 10.3. The molecule has 2 N–H and O–H groups in total. The lowest BCUT2D eigenvalue weighted by Crippen LogP contribution is -2.18. The van der Waals surface area contributed by atoms with Gasteiger partial charge >= 0.3 is 0 Å². The van der Waals surface area contributed by atoms with Crippen molar-refractivity contribution in [1.82, 2.24) is 0 Å². The van der Waals surface area contributed by atoms with Crippen LogP contribution in [0.3, 0.4) is 0 Å². The van der Waals surface area contributed by atoms with E-state index in [2.05, 4.69) is 0 Å². The van der Waals surface area contributed by atoms with Gasteiger partial charge in [0, 0.05) is 33.5 Å². The summed E-state index contributed by atoms with van der Waals surface area (Å²) in [6.07, 6.45) is 2.82. The second-order valence-electron chi connectivity index (χ2n) is 3.18. The van der Waals surface area contributed by atoms with Gasteiger partial charge in [-0.1, -0.05) is 0 Å². The van der Waals surface area contributed by atoms with E-state index in [0.29, 0.717) is 13.2 Å². The maximum atomic E-state index is 10.3. The topological polar surface area (TPSA) is 70.8 Å². The second kappa shape index (κ2) is 11.4. The first-order valence-electron chi connectivity index (χ1n) is 5.20. The zero-order chi connectivity index (χ0) is 11.4. The summed E-state index contributed by atoms with van der Waals surface area (Å²) >= 11 is 0. The van der Waals surface area contributed by atoms with E-state index in [-0.39, 0.29) is 6.61 Å². The van der Waals surface area contributed by atoms with Crippen molar-refractivity contribution in [2.75, 3.05) is 40.1 Å². The van der Waals surface area contributed by atoms with Gasteiger partial charge in [0.15, 0.2) is 0 Å².